The standard InChI is InChI=1S/C11H15N3O/c1-8-7-13-11(12)14(8)9-4-3-5-10(6-9)15-2/h3-6,8H,7H2,1-2H3,(H2,12,13). The van der Waals surface area contributed by atoms with Gasteiger partial charge in [0.05, 0.1) is 19.7 Å². The second kappa shape index (κ2) is 3.81. The summed E-state index contributed by atoms with van der Waals surface area (Å²) < 4.78 is 5.18. The molecule has 0 radical (unpaired) electrons. The normalized spacial score (nSPS) is 20.3. The van der Waals surface area contributed by atoms with Gasteiger partial charge in [-0.05, 0) is 19.1 Å². The molecule has 0 saturated carbocycles. The van der Waals surface area contributed by atoms with Crippen molar-refractivity contribution in [3.63, 3.8) is 0 Å². The fraction of sp³-hybridized carbons (Fsp3) is 0.364. The van der Waals surface area contributed by atoms with Crippen molar-refractivity contribution in [3.8, 4) is 5.75 Å². The van der Waals surface area contributed by atoms with Crippen LogP contribution in [0.5, 0.6) is 5.75 Å². The first-order chi connectivity index (χ1) is 7.22. The van der Waals surface area contributed by atoms with Gasteiger partial charge in [-0.15, -0.1) is 0 Å². The molecule has 1 aromatic rings. The molecular formula is C11H15N3O. The van der Waals surface area contributed by atoms with Crippen LogP contribution in [0, 0.1) is 0 Å². The first-order valence-electron chi connectivity index (χ1n) is 4.95. The number of guanidine groups is 1. The molecule has 1 heterocycles. The van der Waals surface area contributed by atoms with Crippen molar-refractivity contribution in [1.82, 2.24) is 0 Å². The summed E-state index contributed by atoms with van der Waals surface area (Å²) in [5, 5.41) is 0. The second-order valence-electron chi connectivity index (χ2n) is 3.62. The van der Waals surface area contributed by atoms with Crippen LogP contribution in [0.15, 0.2) is 29.3 Å². The van der Waals surface area contributed by atoms with Gasteiger partial charge in [-0.25, -0.2) is 0 Å². The summed E-state index contributed by atoms with van der Waals surface area (Å²) in [5.74, 6) is 1.41. The number of nitrogens with zero attached hydrogens (tertiary/aromatic N) is 2. The van der Waals surface area contributed by atoms with Gasteiger partial charge in [0.2, 0.25) is 0 Å². The van der Waals surface area contributed by atoms with E-state index in [0.29, 0.717) is 12.0 Å². The summed E-state index contributed by atoms with van der Waals surface area (Å²) in [6.45, 7) is 2.85. The third kappa shape index (κ3) is 1.75. The summed E-state index contributed by atoms with van der Waals surface area (Å²) in [4.78, 5) is 6.23. The van der Waals surface area contributed by atoms with E-state index >= 15 is 0 Å². The van der Waals surface area contributed by atoms with E-state index in [0.717, 1.165) is 18.0 Å². The number of hydrogen-bond donors (Lipinski definition) is 1. The van der Waals surface area contributed by atoms with Gasteiger partial charge in [0.25, 0.3) is 0 Å². The van der Waals surface area contributed by atoms with Gasteiger partial charge in [-0.1, -0.05) is 6.07 Å². The fourth-order valence-corrected chi connectivity index (χ4v) is 1.76. The van der Waals surface area contributed by atoms with Crippen LogP contribution < -0.4 is 15.4 Å². The number of rotatable bonds is 2. The van der Waals surface area contributed by atoms with Crippen molar-refractivity contribution in [2.45, 2.75) is 13.0 Å². The molecule has 1 aliphatic heterocycles. The zero-order valence-electron chi connectivity index (χ0n) is 8.97. The molecule has 0 amide bonds. The SMILES string of the molecule is COc1cccc(N2C(N)=NCC2C)c1. The van der Waals surface area contributed by atoms with Gasteiger partial charge >= 0.3 is 0 Å². The number of anilines is 1. The van der Waals surface area contributed by atoms with E-state index in [9.17, 15) is 0 Å². The van der Waals surface area contributed by atoms with Crippen LogP contribution in [0.25, 0.3) is 0 Å². The first kappa shape index (κ1) is 9.83. The van der Waals surface area contributed by atoms with Gasteiger partial charge in [0, 0.05) is 11.8 Å². The molecule has 1 atom stereocenters. The minimum absolute atomic E-state index is 0.317. The molecule has 0 aromatic heterocycles. The largest absolute Gasteiger partial charge is 0.497 e. The summed E-state index contributed by atoms with van der Waals surface area (Å²) in [6, 6.07) is 8.15. The molecule has 2 N–H and O–H groups in total. The summed E-state index contributed by atoms with van der Waals surface area (Å²) >= 11 is 0. The van der Waals surface area contributed by atoms with Crippen LogP contribution in [0.1, 0.15) is 6.92 Å². The van der Waals surface area contributed by atoms with Crippen LogP contribution in [0.2, 0.25) is 0 Å². The predicted octanol–water partition coefficient (Wildman–Crippen LogP) is 1.22. The number of nitrogens with two attached hydrogens (primary N) is 1. The maximum absolute atomic E-state index is 5.83. The van der Waals surface area contributed by atoms with Crippen molar-refractivity contribution in [2.24, 2.45) is 10.7 Å². The lowest BCUT2D eigenvalue weighted by Gasteiger charge is -2.23. The Hall–Kier alpha value is -1.71. The van der Waals surface area contributed by atoms with Gasteiger partial charge < -0.3 is 15.4 Å². The number of aliphatic imine (C=N–C) groups is 1. The van der Waals surface area contributed by atoms with Crippen LogP contribution in [-0.4, -0.2) is 25.7 Å². The molecule has 0 saturated heterocycles. The lowest BCUT2D eigenvalue weighted by Crippen LogP contribution is -2.39. The molecule has 1 aromatic carbocycles. The predicted molar refractivity (Wildman–Crippen MR) is 61.4 cm³/mol. The number of benzene rings is 1. The van der Waals surface area contributed by atoms with E-state index in [2.05, 4.69) is 11.9 Å². The third-order valence-electron chi connectivity index (χ3n) is 2.54. The quantitative estimate of drug-likeness (QED) is 0.789. The van der Waals surface area contributed by atoms with Crippen LogP contribution >= 0.6 is 0 Å². The molecule has 80 valence electrons. The van der Waals surface area contributed by atoms with Crippen LogP contribution in [-0.2, 0) is 0 Å². The van der Waals surface area contributed by atoms with Gasteiger partial charge in [-0.2, -0.15) is 0 Å². The highest BCUT2D eigenvalue weighted by Crippen LogP contribution is 2.24. The molecule has 4 nitrogen and oxygen atoms in total. The molecule has 1 aliphatic rings. The van der Waals surface area contributed by atoms with E-state index in [1.807, 2.05) is 29.2 Å². The lowest BCUT2D eigenvalue weighted by molar-refractivity contribution is 0.415. The van der Waals surface area contributed by atoms with E-state index in [-0.39, 0.29) is 0 Å². The summed E-state index contributed by atoms with van der Waals surface area (Å²) in [7, 11) is 1.66. The highest BCUT2D eigenvalue weighted by atomic mass is 16.5. The molecule has 4 heteroatoms. The average molecular weight is 205 g/mol. The van der Waals surface area contributed by atoms with E-state index in [1.54, 1.807) is 7.11 Å². The fourth-order valence-electron chi connectivity index (χ4n) is 1.76. The third-order valence-corrected chi connectivity index (χ3v) is 2.54. The molecule has 0 bridgehead atoms. The molecule has 0 spiro atoms. The van der Waals surface area contributed by atoms with E-state index in [1.165, 1.54) is 0 Å². The van der Waals surface area contributed by atoms with Crippen molar-refractivity contribution in [2.75, 3.05) is 18.6 Å². The van der Waals surface area contributed by atoms with Crippen molar-refractivity contribution < 1.29 is 4.74 Å². The van der Waals surface area contributed by atoms with Gasteiger partial charge in [0.15, 0.2) is 5.96 Å². The monoisotopic (exact) mass is 205 g/mol. The zero-order chi connectivity index (χ0) is 10.8. The Morgan fingerprint density at radius 1 is 1.53 bits per heavy atom. The molecule has 0 aliphatic carbocycles. The molecule has 0 fully saturated rings. The molecular weight excluding hydrogens is 190 g/mol. The molecule has 15 heavy (non-hydrogen) atoms. The maximum atomic E-state index is 5.83. The summed E-state index contributed by atoms with van der Waals surface area (Å²) in [5.41, 5.74) is 6.86. The van der Waals surface area contributed by atoms with Crippen LogP contribution in [0.3, 0.4) is 0 Å². The smallest absolute Gasteiger partial charge is 0.196 e. The van der Waals surface area contributed by atoms with Crippen LogP contribution in [0.4, 0.5) is 5.69 Å². The van der Waals surface area contributed by atoms with Crippen molar-refractivity contribution >= 4 is 11.6 Å². The second-order valence-corrected chi connectivity index (χ2v) is 3.62. The first-order valence-corrected chi connectivity index (χ1v) is 4.95. The minimum Gasteiger partial charge on any atom is -0.497 e. The minimum atomic E-state index is 0.317. The Morgan fingerprint density at radius 2 is 2.33 bits per heavy atom. The highest BCUT2D eigenvalue weighted by molar-refractivity contribution is 5.97. The number of ether oxygens (including phenoxy) is 1. The van der Waals surface area contributed by atoms with E-state index < -0.39 is 0 Å². The van der Waals surface area contributed by atoms with Gasteiger partial charge in [0.1, 0.15) is 5.75 Å². The zero-order valence-corrected chi connectivity index (χ0v) is 8.97. The molecule has 1 unspecified atom stereocenters. The summed E-state index contributed by atoms with van der Waals surface area (Å²) in [6.07, 6.45) is 0. The Labute approximate surface area is 89.4 Å². The van der Waals surface area contributed by atoms with Crippen molar-refractivity contribution in [1.29, 1.82) is 0 Å². The Kier molecular flexibility index (Phi) is 2.49. The maximum Gasteiger partial charge on any atom is 0.196 e. The number of hydrogen-bond acceptors (Lipinski definition) is 4. The average Bonchev–Trinajstić information content (AvgIpc) is 2.59. The Morgan fingerprint density at radius 3 is 2.93 bits per heavy atom. The molecule has 2 rings (SSSR count). The Bertz CT molecular complexity index is 389. The topological polar surface area (TPSA) is 50.9 Å². The van der Waals surface area contributed by atoms with Gasteiger partial charge in [-0.3, -0.25) is 4.99 Å². The number of methoxy groups -OCH3 is 1. The van der Waals surface area contributed by atoms with Crippen molar-refractivity contribution in [3.05, 3.63) is 24.3 Å². The van der Waals surface area contributed by atoms with E-state index in [4.69, 9.17) is 10.5 Å². The lowest BCUT2D eigenvalue weighted by atomic mass is 10.2. The highest BCUT2D eigenvalue weighted by Gasteiger charge is 2.23. The Balaban J connectivity index is 2.32.